The number of aromatic carboxylic acids is 1. The minimum atomic E-state index is -1.06. The number of phenols is 1. The lowest BCUT2D eigenvalue weighted by Crippen LogP contribution is -2.04. The van der Waals surface area contributed by atoms with Crippen LogP contribution in [-0.4, -0.2) is 28.8 Å². The third-order valence-electron chi connectivity index (χ3n) is 3.19. The van der Waals surface area contributed by atoms with Gasteiger partial charge in [-0.05, 0) is 37.0 Å². The van der Waals surface area contributed by atoms with Crippen LogP contribution in [0.15, 0.2) is 24.8 Å². The van der Waals surface area contributed by atoms with Gasteiger partial charge >= 0.3 is 11.9 Å². The Bertz CT molecular complexity index is 554. The maximum atomic E-state index is 11.2. The maximum absolute atomic E-state index is 11.2. The predicted octanol–water partition coefficient (Wildman–Crippen LogP) is 3.58. The molecule has 0 radical (unpaired) electrons. The summed E-state index contributed by atoms with van der Waals surface area (Å²) in [5.74, 6) is -1.61. The van der Waals surface area contributed by atoms with Crippen LogP contribution in [0.2, 0.25) is 5.02 Å². The van der Waals surface area contributed by atoms with Crippen molar-refractivity contribution in [3.8, 4) is 5.75 Å². The second-order valence-electron chi connectivity index (χ2n) is 4.77. The summed E-state index contributed by atoms with van der Waals surface area (Å²) >= 11 is 5.98. The van der Waals surface area contributed by atoms with Gasteiger partial charge in [0.1, 0.15) is 5.75 Å². The third-order valence-corrected chi connectivity index (χ3v) is 3.61. The standard InChI is InChI=1S/C16H19ClO5/c1-2-14(19)22-10-6-4-3-5-7-11-12(16(20)21)8-9-13(18)15(11)17/h2,8-9,18H,1,3-7,10H2,(H,20,21). The van der Waals surface area contributed by atoms with Crippen LogP contribution in [-0.2, 0) is 16.0 Å². The fourth-order valence-electron chi connectivity index (χ4n) is 2.04. The smallest absolute Gasteiger partial charge is 0.336 e. The Labute approximate surface area is 134 Å². The molecule has 0 atom stereocenters. The number of carbonyl (C=O) groups excluding carboxylic acids is 1. The van der Waals surface area contributed by atoms with Gasteiger partial charge in [0.05, 0.1) is 17.2 Å². The number of aromatic hydroxyl groups is 1. The van der Waals surface area contributed by atoms with Gasteiger partial charge in [-0.1, -0.05) is 31.0 Å². The second-order valence-corrected chi connectivity index (χ2v) is 5.14. The van der Waals surface area contributed by atoms with Crippen molar-refractivity contribution in [2.24, 2.45) is 0 Å². The number of ether oxygens (including phenoxy) is 1. The molecule has 0 heterocycles. The Balaban J connectivity index is 2.42. The van der Waals surface area contributed by atoms with E-state index >= 15 is 0 Å². The highest BCUT2D eigenvalue weighted by molar-refractivity contribution is 6.33. The van der Waals surface area contributed by atoms with E-state index in [0.717, 1.165) is 31.8 Å². The van der Waals surface area contributed by atoms with Gasteiger partial charge in [-0.15, -0.1) is 0 Å². The summed E-state index contributed by atoms with van der Waals surface area (Å²) in [5.41, 5.74) is 0.565. The monoisotopic (exact) mass is 326 g/mol. The van der Waals surface area contributed by atoms with Crippen molar-refractivity contribution < 1.29 is 24.5 Å². The molecule has 1 rings (SSSR count). The molecule has 0 amide bonds. The average molecular weight is 327 g/mol. The highest BCUT2D eigenvalue weighted by Gasteiger charge is 2.15. The molecule has 120 valence electrons. The molecule has 0 spiro atoms. The highest BCUT2D eigenvalue weighted by atomic mass is 35.5. The molecule has 22 heavy (non-hydrogen) atoms. The van der Waals surface area contributed by atoms with Crippen molar-refractivity contribution in [1.82, 2.24) is 0 Å². The van der Waals surface area contributed by atoms with Crippen LogP contribution in [0.25, 0.3) is 0 Å². The van der Waals surface area contributed by atoms with E-state index in [1.54, 1.807) is 0 Å². The molecule has 0 aromatic heterocycles. The van der Waals surface area contributed by atoms with Crippen molar-refractivity contribution in [3.05, 3.63) is 40.9 Å². The zero-order valence-electron chi connectivity index (χ0n) is 12.2. The predicted molar refractivity (Wildman–Crippen MR) is 83.4 cm³/mol. The molecule has 0 saturated carbocycles. The number of carbonyl (C=O) groups is 2. The van der Waals surface area contributed by atoms with Crippen LogP contribution in [0, 0.1) is 0 Å². The number of unbranched alkanes of at least 4 members (excludes halogenated alkanes) is 3. The molecular weight excluding hydrogens is 308 g/mol. The molecule has 5 nitrogen and oxygen atoms in total. The molecule has 0 fully saturated rings. The lowest BCUT2D eigenvalue weighted by Gasteiger charge is -2.10. The summed E-state index contributed by atoms with van der Waals surface area (Å²) in [6.07, 6.45) is 4.76. The van der Waals surface area contributed by atoms with E-state index in [1.807, 2.05) is 0 Å². The number of hydrogen-bond donors (Lipinski definition) is 2. The van der Waals surface area contributed by atoms with E-state index in [-0.39, 0.29) is 16.3 Å². The van der Waals surface area contributed by atoms with Gasteiger partial charge in [0, 0.05) is 6.08 Å². The molecule has 0 aliphatic heterocycles. The number of carboxylic acid groups (broad SMARTS) is 1. The zero-order valence-corrected chi connectivity index (χ0v) is 12.9. The van der Waals surface area contributed by atoms with Gasteiger partial charge in [0.25, 0.3) is 0 Å². The summed E-state index contributed by atoms with van der Waals surface area (Å²) in [5, 5.41) is 18.8. The molecule has 0 aliphatic rings. The molecule has 2 N–H and O–H groups in total. The number of rotatable bonds is 9. The first kappa shape index (κ1) is 18.0. The van der Waals surface area contributed by atoms with E-state index in [4.69, 9.17) is 21.4 Å². The van der Waals surface area contributed by atoms with Gasteiger partial charge in [-0.2, -0.15) is 0 Å². The summed E-state index contributed by atoms with van der Waals surface area (Å²) in [6, 6.07) is 2.64. The first-order valence-corrected chi connectivity index (χ1v) is 7.38. The Morgan fingerprint density at radius 3 is 2.55 bits per heavy atom. The molecule has 0 unspecified atom stereocenters. The molecular formula is C16H19ClO5. The summed E-state index contributed by atoms with van der Waals surface area (Å²) in [7, 11) is 0. The Morgan fingerprint density at radius 1 is 1.23 bits per heavy atom. The van der Waals surface area contributed by atoms with Crippen LogP contribution in [0.3, 0.4) is 0 Å². The van der Waals surface area contributed by atoms with Crippen molar-refractivity contribution in [3.63, 3.8) is 0 Å². The minimum Gasteiger partial charge on any atom is -0.506 e. The van der Waals surface area contributed by atoms with Gasteiger partial charge in [-0.3, -0.25) is 0 Å². The fourth-order valence-corrected chi connectivity index (χ4v) is 2.30. The number of esters is 1. The third kappa shape index (κ3) is 5.41. The first-order chi connectivity index (χ1) is 10.5. The number of halogens is 1. The molecule has 6 heteroatoms. The van der Waals surface area contributed by atoms with E-state index in [0.29, 0.717) is 18.6 Å². The molecule has 0 bridgehead atoms. The first-order valence-electron chi connectivity index (χ1n) is 7.00. The molecule has 1 aromatic carbocycles. The van der Waals surface area contributed by atoms with Gasteiger partial charge in [-0.25, -0.2) is 9.59 Å². The van der Waals surface area contributed by atoms with Gasteiger partial charge in [0.15, 0.2) is 0 Å². The number of benzene rings is 1. The van der Waals surface area contributed by atoms with Crippen LogP contribution >= 0.6 is 11.6 Å². The van der Waals surface area contributed by atoms with E-state index < -0.39 is 11.9 Å². The van der Waals surface area contributed by atoms with Crippen molar-refractivity contribution in [2.75, 3.05) is 6.61 Å². The summed E-state index contributed by atoms with van der Waals surface area (Å²) in [6.45, 7) is 3.65. The SMILES string of the molecule is C=CC(=O)OCCCCCCc1c(C(=O)O)ccc(O)c1Cl. The summed E-state index contributed by atoms with van der Waals surface area (Å²) in [4.78, 5) is 22.0. The molecule has 0 aliphatic carbocycles. The van der Waals surface area contributed by atoms with E-state index in [2.05, 4.69) is 6.58 Å². The Morgan fingerprint density at radius 2 is 1.91 bits per heavy atom. The Hall–Kier alpha value is -2.01. The van der Waals surface area contributed by atoms with Crippen molar-refractivity contribution in [1.29, 1.82) is 0 Å². The Kier molecular flexibility index (Phi) is 7.46. The van der Waals surface area contributed by atoms with Crippen molar-refractivity contribution in [2.45, 2.75) is 32.1 Å². The largest absolute Gasteiger partial charge is 0.506 e. The number of phenolic OH excluding ortho intramolecular Hbond substituents is 1. The highest BCUT2D eigenvalue weighted by Crippen LogP contribution is 2.31. The van der Waals surface area contributed by atoms with E-state index in [9.17, 15) is 14.7 Å². The lowest BCUT2D eigenvalue weighted by atomic mass is 10.0. The number of carboxylic acids is 1. The number of hydrogen-bond acceptors (Lipinski definition) is 4. The normalized spacial score (nSPS) is 10.2. The minimum absolute atomic E-state index is 0.0970. The van der Waals surface area contributed by atoms with Crippen LogP contribution in [0.1, 0.15) is 41.6 Å². The van der Waals surface area contributed by atoms with Crippen LogP contribution in [0.4, 0.5) is 0 Å². The fraction of sp³-hybridized carbons (Fsp3) is 0.375. The average Bonchev–Trinajstić information content (AvgIpc) is 2.49. The summed E-state index contributed by atoms with van der Waals surface area (Å²) < 4.78 is 4.85. The zero-order chi connectivity index (χ0) is 16.5. The van der Waals surface area contributed by atoms with Gasteiger partial charge < -0.3 is 14.9 Å². The van der Waals surface area contributed by atoms with Crippen LogP contribution in [0.5, 0.6) is 5.75 Å². The lowest BCUT2D eigenvalue weighted by molar-refractivity contribution is -0.137. The maximum Gasteiger partial charge on any atom is 0.336 e. The van der Waals surface area contributed by atoms with Gasteiger partial charge in [0.2, 0.25) is 0 Å². The quantitative estimate of drug-likeness (QED) is 0.411. The van der Waals surface area contributed by atoms with Crippen LogP contribution < -0.4 is 0 Å². The van der Waals surface area contributed by atoms with E-state index in [1.165, 1.54) is 12.1 Å². The topological polar surface area (TPSA) is 83.8 Å². The molecule has 1 aromatic rings. The van der Waals surface area contributed by atoms with Crippen molar-refractivity contribution >= 4 is 23.5 Å². The second kappa shape index (κ2) is 9.10. The molecule has 0 saturated heterocycles.